The summed E-state index contributed by atoms with van der Waals surface area (Å²) >= 11 is 0. The van der Waals surface area contributed by atoms with Crippen LogP contribution in [-0.4, -0.2) is 7.11 Å². The highest BCUT2D eigenvalue weighted by molar-refractivity contribution is 5.41. The van der Waals surface area contributed by atoms with Crippen molar-refractivity contribution < 1.29 is 4.74 Å². The van der Waals surface area contributed by atoms with E-state index in [1.807, 2.05) is 32.9 Å². The van der Waals surface area contributed by atoms with E-state index < -0.39 is 0 Å². The van der Waals surface area contributed by atoms with Crippen molar-refractivity contribution in [2.24, 2.45) is 5.84 Å². The third-order valence-electron chi connectivity index (χ3n) is 2.40. The third kappa shape index (κ3) is 3.08. The van der Waals surface area contributed by atoms with Gasteiger partial charge in [-0.15, -0.1) is 0 Å². The van der Waals surface area contributed by atoms with Gasteiger partial charge in [-0.2, -0.15) is 0 Å². The standard InChI is InChI=1S/C13H20N2O/c1-9(2)7-12(15-14)11-6-5-10(3)8-13(11)16-4/h5-8,12,15H,14H2,1-4H3. The van der Waals surface area contributed by atoms with E-state index in [4.69, 9.17) is 10.6 Å². The molecule has 0 bridgehead atoms. The molecule has 0 saturated heterocycles. The molecule has 3 heteroatoms. The van der Waals surface area contributed by atoms with Crippen LogP contribution in [0.1, 0.15) is 31.0 Å². The molecular formula is C13H20N2O. The zero-order valence-electron chi connectivity index (χ0n) is 10.4. The van der Waals surface area contributed by atoms with Crippen molar-refractivity contribution in [1.29, 1.82) is 0 Å². The number of hydrazine groups is 1. The number of methoxy groups -OCH3 is 1. The van der Waals surface area contributed by atoms with Gasteiger partial charge in [0.25, 0.3) is 0 Å². The third-order valence-corrected chi connectivity index (χ3v) is 2.40. The van der Waals surface area contributed by atoms with E-state index in [0.717, 1.165) is 11.3 Å². The van der Waals surface area contributed by atoms with Crippen LogP contribution >= 0.6 is 0 Å². The molecule has 0 aliphatic rings. The Bertz CT molecular complexity index is 382. The fraction of sp³-hybridized carbons (Fsp3) is 0.385. The van der Waals surface area contributed by atoms with Crippen molar-refractivity contribution in [3.63, 3.8) is 0 Å². The fourth-order valence-corrected chi connectivity index (χ4v) is 1.64. The van der Waals surface area contributed by atoms with E-state index >= 15 is 0 Å². The highest BCUT2D eigenvalue weighted by Gasteiger charge is 2.12. The first kappa shape index (κ1) is 12.7. The number of benzene rings is 1. The van der Waals surface area contributed by atoms with Gasteiger partial charge in [-0.3, -0.25) is 5.84 Å². The average Bonchev–Trinajstić information content (AvgIpc) is 2.25. The van der Waals surface area contributed by atoms with Gasteiger partial charge in [-0.05, 0) is 32.4 Å². The second-order valence-corrected chi connectivity index (χ2v) is 4.13. The summed E-state index contributed by atoms with van der Waals surface area (Å²) in [5, 5.41) is 0. The minimum absolute atomic E-state index is 0.0134. The summed E-state index contributed by atoms with van der Waals surface area (Å²) in [5.74, 6) is 6.43. The van der Waals surface area contributed by atoms with Crippen molar-refractivity contribution in [2.75, 3.05) is 7.11 Å². The Labute approximate surface area is 97.3 Å². The van der Waals surface area contributed by atoms with Crippen LogP contribution < -0.4 is 16.0 Å². The number of aryl methyl sites for hydroxylation is 1. The number of nitrogens with two attached hydrogens (primary N) is 1. The molecule has 16 heavy (non-hydrogen) atoms. The van der Waals surface area contributed by atoms with Crippen LogP contribution in [0.15, 0.2) is 29.8 Å². The van der Waals surface area contributed by atoms with Crippen LogP contribution in [0.3, 0.4) is 0 Å². The predicted octanol–water partition coefficient (Wildman–Crippen LogP) is 2.47. The Kier molecular flexibility index (Phi) is 4.52. The molecule has 0 amide bonds. The molecule has 0 aromatic heterocycles. The molecular weight excluding hydrogens is 200 g/mol. The number of hydrogen-bond acceptors (Lipinski definition) is 3. The molecule has 0 aliphatic carbocycles. The molecule has 0 aliphatic heterocycles. The molecule has 88 valence electrons. The maximum absolute atomic E-state index is 5.56. The van der Waals surface area contributed by atoms with E-state index in [1.165, 1.54) is 11.1 Å². The Morgan fingerprint density at radius 2 is 2.12 bits per heavy atom. The van der Waals surface area contributed by atoms with Gasteiger partial charge in [0, 0.05) is 5.56 Å². The minimum atomic E-state index is -0.0134. The topological polar surface area (TPSA) is 47.3 Å². The molecule has 3 nitrogen and oxygen atoms in total. The van der Waals surface area contributed by atoms with Gasteiger partial charge in [0.2, 0.25) is 0 Å². The summed E-state index contributed by atoms with van der Waals surface area (Å²) in [6, 6.07) is 6.10. The smallest absolute Gasteiger partial charge is 0.124 e. The van der Waals surface area contributed by atoms with Crippen LogP contribution in [0.5, 0.6) is 5.75 Å². The summed E-state index contributed by atoms with van der Waals surface area (Å²) in [7, 11) is 1.67. The first-order chi connectivity index (χ1) is 7.58. The van der Waals surface area contributed by atoms with Crippen LogP contribution in [0.2, 0.25) is 0 Å². The summed E-state index contributed by atoms with van der Waals surface area (Å²) in [4.78, 5) is 0. The largest absolute Gasteiger partial charge is 0.496 e. The van der Waals surface area contributed by atoms with E-state index in [9.17, 15) is 0 Å². The second-order valence-electron chi connectivity index (χ2n) is 4.13. The van der Waals surface area contributed by atoms with Crippen molar-refractivity contribution in [3.8, 4) is 5.75 Å². The summed E-state index contributed by atoms with van der Waals surface area (Å²) in [5.41, 5.74) is 6.23. The first-order valence-corrected chi connectivity index (χ1v) is 5.34. The van der Waals surface area contributed by atoms with Crippen molar-refractivity contribution >= 4 is 0 Å². The molecule has 0 spiro atoms. The highest BCUT2D eigenvalue weighted by Crippen LogP contribution is 2.27. The average molecular weight is 220 g/mol. The van der Waals surface area contributed by atoms with Crippen molar-refractivity contribution in [2.45, 2.75) is 26.8 Å². The molecule has 1 aromatic rings. The predicted molar refractivity (Wildman–Crippen MR) is 67.2 cm³/mol. The second kappa shape index (κ2) is 5.68. The monoisotopic (exact) mass is 220 g/mol. The zero-order chi connectivity index (χ0) is 12.1. The summed E-state index contributed by atoms with van der Waals surface area (Å²) < 4.78 is 5.37. The highest BCUT2D eigenvalue weighted by atomic mass is 16.5. The Morgan fingerprint density at radius 3 is 2.62 bits per heavy atom. The van der Waals surface area contributed by atoms with Gasteiger partial charge >= 0.3 is 0 Å². The van der Waals surface area contributed by atoms with E-state index in [0.29, 0.717) is 0 Å². The Balaban J connectivity index is 3.14. The Hall–Kier alpha value is -1.32. The SMILES string of the molecule is COc1cc(C)ccc1C(C=C(C)C)NN. The lowest BCUT2D eigenvalue weighted by molar-refractivity contribution is 0.404. The maximum atomic E-state index is 5.56. The lowest BCUT2D eigenvalue weighted by Crippen LogP contribution is -2.27. The quantitative estimate of drug-likeness (QED) is 0.465. The van der Waals surface area contributed by atoms with Gasteiger partial charge in [0.05, 0.1) is 13.2 Å². The normalized spacial score (nSPS) is 12.1. The number of rotatable bonds is 4. The molecule has 0 fully saturated rings. The van der Waals surface area contributed by atoms with Crippen LogP contribution in [0.4, 0.5) is 0 Å². The van der Waals surface area contributed by atoms with Crippen molar-refractivity contribution in [3.05, 3.63) is 41.0 Å². The minimum Gasteiger partial charge on any atom is -0.496 e. The van der Waals surface area contributed by atoms with Crippen LogP contribution in [0.25, 0.3) is 0 Å². The van der Waals surface area contributed by atoms with Crippen LogP contribution in [0, 0.1) is 6.92 Å². The number of hydrogen-bond donors (Lipinski definition) is 2. The fourth-order valence-electron chi connectivity index (χ4n) is 1.64. The molecule has 0 saturated carbocycles. The Morgan fingerprint density at radius 1 is 1.44 bits per heavy atom. The molecule has 1 aromatic carbocycles. The van der Waals surface area contributed by atoms with Gasteiger partial charge in [-0.1, -0.05) is 23.8 Å². The van der Waals surface area contributed by atoms with Crippen molar-refractivity contribution in [1.82, 2.24) is 5.43 Å². The van der Waals surface area contributed by atoms with E-state index in [2.05, 4.69) is 17.6 Å². The zero-order valence-corrected chi connectivity index (χ0v) is 10.4. The van der Waals surface area contributed by atoms with Gasteiger partial charge in [0.1, 0.15) is 5.75 Å². The number of nitrogens with one attached hydrogen (secondary N) is 1. The molecule has 3 N–H and O–H groups in total. The first-order valence-electron chi connectivity index (χ1n) is 5.34. The maximum Gasteiger partial charge on any atom is 0.124 e. The van der Waals surface area contributed by atoms with Gasteiger partial charge in [0.15, 0.2) is 0 Å². The number of ether oxygens (including phenoxy) is 1. The van der Waals surface area contributed by atoms with E-state index in [1.54, 1.807) is 7.11 Å². The molecule has 1 unspecified atom stereocenters. The van der Waals surface area contributed by atoms with Crippen LogP contribution in [-0.2, 0) is 0 Å². The molecule has 1 atom stereocenters. The molecule has 0 radical (unpaired) electrons. The molecule has 1 rings (SSSR count). The lowest BCUT2D eigenvalue weighted by atomic mass is 10.0. The lowest BCUT2D eigenvalue weighted by Gasteiger charge is -2.17. The summed E-state index contributed by atoms with van der Waals surface area (Å²) in [6.07, 6.45) is 2.08. The van der Waals surface area contributed by atoms with Gasteiger partial charge in [-0.25, -0.2) is 5.43 Å². The van der Waals surface area contributed by atoms with Gasteiger partial charge < -0.3 is 4.74 Å². The number of allylic oxidation sites excluding steroid dienone is 1. The summed E-state index contributed by atoms with van der Waals surface area (Å²) in [6.45, 7) is 6.13. The molecule has 0 heterocycles. The van der Waals surface area contributed by atoms with E-state index in [-0.39, 0.29) is 6.04 Å².